The second-order valence-electron chi connectivity index (χ2n) is 6.91. The molecule has 6 heteroatoms. The lowest BCUT2D eigenvalue weighted by Crippen LogP contribution is -2.31. The second-order valence-corrected chi connectivity index (χ2v) is 7.31. The summed E-state index contributed by atoms with van der Waals surface area (Å²) in [5, 5.41) is 10.6. The highest BCUT2D eigenvalue weighted by Crippen LogP contribution is 2.38. The average molecular weight is 387 g/mol. The van der Waals surface area contributed by atoms with Crippen molar-refractivity contribution >= 4 is 34.2 Å². The highest BCUT2D eigenvalue weighted by Gasteiger charge is 2.28. The van der Waals surface area contributed by atoms with Crippen LogP contribution in [0.25, 0.3) is 10.9 Å². The summed E-state index contributed by atoms with van der Waals surface area (Å²) in [6, 6.07) is 12.6. The van der Waals surface area contributed by atoms with Crippen molar-refractivity contribution in [2.24, 2.45) is 0 Å². The van der Waals surface area contributed by atoms with Crippen LogP contribution in [0.4, 0.5) is 10.1 Å². The molecule has 1 aliphatic rings. The van der Waals surface area contributed by atoms with E-state index in [1.807, 2.05) is 30.3 Å². The summed E-state index contributed by atoms with van der Waals surface area (Å²) < 4.78 is 16.0. The normalized spacial score (nSPS) is 14.7. The van der Waals surface area contributed by atoms with Crippen molar-refractivity contribution in [3.05, 3.63) is 64.6 Å². The molecule has 2 aromatic carbocycles. The summed E-state index contributed by atoms with van der Waals surface area (Å²) >= 11 is 6.04. The summed E-state index contributed by atoms with van der Waals surface area (Å²) in [6.07, 6.45) is 3.13. The minimum atomic E-state index is -1.01. The summed E-state index contributed by atoms with van der Waals surface area (Å²) in [5.74, 6) is -1.55. The number of fused-ring (bicyclic) bond motifs is 1. The van der Waals surface area contributed by atoms with E-state index in [-0.39, 0.29) is 10.7 Å². The third-order valence-electron chi connectivity index (χ3n) is 5.14. The average Bonchev–Trinajstić information content (AvgIpc) is 2.97. The Morgan fingerprint density at radius 1 is 1.11 bits per heavy atom. The molecule has 1 saturated heterocycles. The van der Waals surface area contributed by atoms with Crippen molar-refractivity contribution < 1.29 is 14.3 Å². The molecule has 0 spiro atoms. The van der Waals surface area contributed by atoms with E-state index in [0.29, 0.717) is 23.1 Å². The summed E-state index contributed by atoms with van der Waals surface area (Å²) in [4.78, 5) is 14.3. The van der Waals surface area contributed by atoms with Gasteiger partial charge in [-0.25, -0.2) is 9.18 Å². The molecule has 0 amide bonds. The fraction of sp³-hybridized carbons (Fsp3) is 0.286. The summed E-state index contributed by atoms with van der Waals surface area (Å²) in [5.41, 5.74) is 2.41. The number of piperidine rings is 1. The molecule has 3 aromatic rings. The van der Waals surface area contributed by atoms with E-state index < -0.39 is 11.8 Å². The number of nitrogens with zero attached hydrogens (tertiary/aromatic N) is 2. The van der Waals surface area contributed by atoms with Crippen molar-refractivity contribution in [3.63, 3.8) is 0 Å². The van der Waals surface area contributed by atoms with Crippen LogP contribution in [0.3, 0.4) is 0 Å². The number of carboxylic acids is 1. The molecule has 1 aliphatic heterocycles. The van der Waals surface area contributed by atoms with E-state index >= 15 is 0 Å². The third kappa shape index (κ3) is 3.28. The van der Waals surface area contributed by atoms with Gasteiger partial charge in [-0.15, -0.1) is 0 Å². The summed E-state index contributed by atoms with van der Waals surface area (Å²) in [6.45, 7) is 1.93. The molecule has 4 nitrogen and oxygen atoms in total. The van der Waals surface area contributed by atoms with Gasteiger partial charge in [0.05, 0.1) is 16.2 Å². The smallest absolute Gasteiger partial charge is 0.354 e. The number of hydrogen-bond acceptors (Lipinski definition) is 2. The Morgan fingerprint density at radius 2 is 1.81 bits per heavy atom. The second kappa shape index (κ2) is 7.24. The molecular formula is C21H20ClFN2O2. The van der Waals surface area contributed by atoms with E-state index in [9.17, 15) is 14.3 Å². The predicted molar refractivity (Wildman–Crippen MR) is 105 cm³/mol. The quantitative estimate of drug-likeness (QED) is 0.672. The fourth-order valence-corrected chi connectivity index (χ4v) is 4.07. The van der Waals surface area contributed by atoms with Crippen LogP contribution >= 0.6 is 11.6 Å². The number of aromatic nitrogens is 1. The minimum Gasteiger partial charge on any atom is -0.477 e. The number of halogens is 2. The Balaban J connectivity index is 1.98. The van der Waals surface area contributed by atoms with Crippen molar-refractivity contribution in [2.45, 2.75) is 25.8 Å². The number of carbonyl (C=O) groups is 1. The Morgan fingerprint density at radius 3 is 2.48 bits per heavy atom. The molecule has 2 heterocycles. The first-order valence-corrected chi connectivity index (χ1v) is 9.47. The molecule has 0 saturated carbocycles. The van der Waals surface area contributed by atoms with Crippen LogP contribution in [-0.2, 0) is 6.54 Å². The largest absolute Gasteiger partial charge is 0.477 e. The number of carboxylic acid groups (broad SMARTS) is 1. The summed E-state index contributed by atoms with van der Waals surface area (Å²) in [7, 11) is 0. The van der Waals surface area contributed by atoms with Crippen LogP contribution in [0.1, 0.15) is 35.3 Å². The maximum absolute atomic E-state index is 14.3. The first-order chi connectivity index (χ1) is 13.1. The van der Waals surface area contributed by atoms with Crippen LogP contribution in [0.5, 0.6) is 0 Å². The highest BCUT2D eigenvalue weighted by atomic mass is 35.5. The Kier molecular flexibility index (Phi) is 4.79. The van der Waals surface area contributed by atoms with Gasteiger partial charge in [-0.05, 0) is 37.0 Å². The highest BCUT2D eigenvalue weighted by molar-refractivity contribution is 6.31. The molecule has 0 unspecified atom stereocenters. The Bertz CT molecular complexity index is 995. The number of rotatable bonds is 4. The molecule has 1 fully saturated rings. The Hall–Kier alpha value is -2.53. The van der Waals surface area contributed by atoms with E-state index in [0.717, 1.165) is 37.9 Å². The van der Waals surface area contributed by atoms with Gasteiger partial charge in [-0.2, -0.15) is 0 Å². The lowest BCUT2D eigenvalue weighted by molar-refractivity contribution is 0.0687. The fourth-order valence-electron chi connectivity index (χ4n) is 3.91. The number of benzene rings is 2. The zero-order chi connectivity index (χ0) is 19.0. The molecule has 140 valence electrons. The number of aromatic carboxylic acids is 1. The third-order valence-corrected chi connectivity index (χ3v) is 5.43. The monoisotopic (exact) mass is 386 g/mol. The number of anilines is 1. The standard InChI is InChI=1S/C21H20ClFN2O2/c22-16-12-18-15(11-17(16)23)19(24-9-5-2-6-10-24)20(21(26)27)25(18)13-14-7-3-1-4-8-14/h1,3-4,7-8,11-12H,2,5-6,9-10,13H2,(H,26,27). The van der Waals surface area contributed by atoms with Gasteiger partial charge in [0.25, 0.3) is 0 Å². The van der Waals surface area contributed by atoms with E-state index in [1.165, 1.54) is 12.1 Å². The van der Waals surface area contributed by atoms with Crippen molar-refractivity contribution in [1.29, 1.82) is 0 Å². The SMILES string of the molecule is O=C(O)c1c(N2CCCCC2)c2cc(F)c(Cl)cc2n1Cc1ccccc1. The van der Waals surface area contributed by atoms with Crippen LogP contribution in [0, 0.1) is 5.82 Å². The van der Waals surface area contributed by atoms with Crippen LogP contribution in [0.2, 0.25) is 5.02 Å². The molecule has 0 atom stereocenters. The van der Waals surface area contributed by atoms with Crippen LogP contribution < -0.4 is 4.90 Å². The van der Waals surface area contributed by atoms with Gasteiger partial charge in [0.1, 0.15) is 5.82 Å². The maximum atomic E-state index is 14.3. The minimum absolute atomic E-state index is 0.00329. The Labute approximate surface area is 161 Å². The van der Waals surface area contributed by atoms with E-state index in [4.69, 9.17) is 11.6 Å². The number of hydrogen-bond donors (Lipinski definition) is 1. The zero-order valence-corrected chi connectivity index (χ0v) is 15.5. The molecule has 0 aliphatic carbocycles. The molecule has 0 bridgehead atoms. The van der Waals surface area contributed by atoms with Gasteiger partial charge >= 0.3 is 5.97 Å². The van der Waals surface area contributed by atoms with Crippen molar-refractivity contribution in [3.8, 4) is 0 Å². The van der Waals surface area contributed by atoms with Crippen LogP contribution in [0.15, 0.2) is 42.5 Å². The first-order valence-electron chi connectivity index (χ1n) is 9.09. The van der Waals surface area contributed by atoms with Gasteiger partial charge in [0.2, 0.25) is 0 Å². The van der Waals surface area contributed by atoms with Gasteiger partial charge in [-0.1, -0.05) is 41.9 Å². The zero-order valence-electron chi connectivity index (χ0n) is 14.8. The molecule has 27 heavy (non-hydrogen) atoms. The van der Waals surface area contributed by atoms with Gasteiger partial charge < -0.3 is 14.6 Å². The molecule has 4 rings (SSSR count). The lowest BCUT2D eigenvalue weighted by Gasteiger charge is -2.29. The molecule has 0 radical (unpaired) electrons. The topological polar surface area (TPSA) is 45.5 Å². The lowest BCUT2D eigenvalue weighted by atomic mass is 10.1. The van der Waals surface area contributed by atoms with E-state index in [1.54, 1.807) is 4.57 Å². The van der Waals surface area contributed by atoms with Gasteiger partial charge in [-0.3, -0.25) is 0 Å². The molecular weight excluding hydrogens is 367 g/mol. The molecule has 1 N–H and O–H groups in total. The van der Waals surface area contributed by atoms with Crippen molar-refractivity contribution in [2.75, 3.05) is 18.0 Å². The predicted octanol–water partition coefficient (Wildman–Crippen LogP) is 5.17. The van der Waals surface area contributed by atoms with Gasteiger partial charge in [0.15, 0.2) is 5.69 Å². The van der Waals surface area contributed by atoms with Crippen molar-refractivity contribution in [1.82, 2.24) is 4.57 Å². The molecule has 1 aromatic heterocycles. The van der Waals surface area contributed by atoms with E-state index in [2.05, 4.69) is 4.90 Å². The first kappa shape index (κ1) is 17.9. The van der Waals surface area contributed by atoms with Gasteiger partial charge in [0, 0.05) is 25.0 Å². The van der Waals surface area contributed by atoms with Crippen LogP contribution in [-0.4, -0.2) is 28.7 Å². The maximum Gasteiger partial charge on any atom is 0.354 e.